The summed E-state index contributed by atoms with van der Waals surface area (Å²) in [5, 5.41) is 2.85. The van der Waals surface area contributed by atoms with E-state index in [4.69, 9.17) is 4.74 Å². The van der Waals surface area contributed by atoms with E-state index in [0.29, 0.717) is 24.3 Å². The Morgan fingerprint density at radius 3 is 2.58 bits per heavy atom. The number of amides is 2. The van der Waals surface area contributed by atoms with Gasteiger partial charge in [-0.1, -0.05) is 30.3 Å². The second kappa shape index (κ2) is 7.17. The molecule has 0 aliphatic carbocycles. The first-order chi connectivity index (χ1) is 11.7. The molecule has 0 bridgehead atoms. The van der Waals surface area contributed by atoms with Crippen molar-refractivity contribution in [2.75, 3.05) is 18.6 Å². The van der Waals surface area contributed by atoms with E-state index in [0.717, 1.165) is 12.1 Å². The number of carbonyl (C=O) groups is 2. The summed E-state index contributed by atoms with van der Waals surface area (Å²) in [5.74, 6) is 0.134. The molecule has 1 N–H and O–H groups in total. The van der Waals surface area contributed by atoms with Crippen LogP contribution in [0.3, 0.4) is 0 Å². The lowest BCUT2D eigenvalue weighted by Crippen LogP contribution is -2.52. The normalized spacial score (nSPS) is 17.5. The first-order valence-corrected chi connectivity index (χ1v) is 8.01. The Morgan fingerprint density at radius 2 is 1.83 bits per heavy atom. The molecule has 2 aromatic rings. The molecule has 0 spiro atoms. The number of nitrogens with one attached hydrogen (secondary N) is 1. The second-order valence-electron chi connectivity index (χ2n) is 5.69. The number of rotatable bonds is 4. The molecule has 124 valence electrons. The average molecular weight is 324 g/mol. The minimum Gasteiger partial charge on any atom is -0.496 e. The SMILES string of the molecule is COc1ccccc1C(=O)NC1CCCN(c2ccccc2)C1=O. The molecule has 1 aliphatic rings. The maximum atomic E-state index is 12.7. The van der Waals surface area contributed by atoms with Gasteiger partial charge < -0.3 is 15.0 Å². The van der Waals surface area contributed by atoms with Crippen molar-refractivity contribution in [2.45, 2.75) is 18.9 Å². The average Bonchev–Trinajstić information content (AvgIpc) is 2.64. The van der Waals surface area contributed by atoms with Gasteiger partial charge >= 0.3 is 0 Å². The number of hydrogen-bond donors (Lipinski definition) is 1. The number of benzene rings is 2. The van der Waals surface area contributed by atoms with Gasteiger partial charge in [0.15, 0.2) is 0 Å². The predicted octanol–water partition coefficient (Wildman–Crippen LogP) is 2.62. The smallest absolute Gasteiger partial charge is 0.255 e. The number of anilines is 1. The van der Waals surface area contributed by atoms with Crippen LogP contribution >= 0.6 is 0 Å². The summed E-state index contributed by atoms with van der Waals surface area (Å²) in [5.41, 5.74) is 1.29. The van der Waals surface area contributed by atoms with Gasteiger partial charge in [0.05, 0.1) is 12.7 Å². The summed E-state index contributed by atoms with van der Waals surface area (Å²) in [6.45, 7) is 0.671. The fraction of sp³-hybridized carbons (Fsp3) is 0.263. The zero-order chi connectivity index (χ0) is 16.9. The summed E-state index contributed by atoms with van der Waals surface area (Å²) in [6.07, 6.45) is 1.49. The van der Waals surface area contributed by atoms with Crippen molar-refractivity contribution in [3.8, 4) is 5.75 Å². The summed E-state index contributed by atoms with van der Waals surface area (Å²) in [6, 6.07) is 16.0. The molecular weight excluding hydrogens is 304 g/mol. The van der Waals surface area contributed by atoms with Crippen LogP contribution in [-0.2, 0) is 4.79 Å². The Morgan fingerprint density at radius 1 is 1.12 bits per heavy atom. The van der Waals surface area contributed by atoms with Gasteiger partial charge in [-0.15, -0.1) is 0 Å². The Balaban J connectivity index is 1.75. The van der Waals surface area contributed by atoms with Crippen LogP contribution in [0.15, 0.2) is 54.6 Å². The van der Waals surface area contributed by atoms with Gasteiger partial charge in [0.2, 0.25) is 5.91 Å². The third-order valence-corrected chi connectivity index (χ3v) is 4.16. The molecule has 1 unspecified atom stereocenters. The van der Waals surface area contributed by atoms with Gasteiger partial charge in [-0.2, -0.15) is 0 Å². The molecular formula is C19H20N2O3. The van der Waals surface area contributed by atoms with Crippen molar-refractivity contribution in [3.05, 3.63) is 60.2 Å². The Bertz CT molecular complexity index is 730. The van der Waals surface area contributed by atoms with E-state index < -0.39 is 6.04 Å². The molecule has 2 aromatic carbocycles. The highest BCUT2D eigenvalue weighted by Gasteiger charge is 2.31. The zero-order valence-electron chi connectivity index (χ0n) is 13.6. The highest BCUT2D eigenvalue weighted by atomic mass is 16.5. The minimum absolute atomic E-state index is 0.0734. The molecule has 1 heterocycles. The molecule has 24 heavy (non-hydrogen) atoms. The standard InChI is InChI=1S/C19H20N2O3/c1-24-17-12-6-5-10-15(17)18(22)20-16-11-7-13-21(19(16)23)14-8-3-2-4-9-14/h2-6,8-10,12,16H,7,11,13H2,1H3,(H,20,22). The quantitative estimate of drug-likeness (QED) is 0.940. The van der Waals surface area contributed by atoms with Gasteiger partial charge in [-0.3, -0.25) is 9.59 Å². The molecule has 5 nitrogen and oxygen atoms in total. The van der Waals surface area contributed by atoms with Crippen LogP contribution in [0, 0.1) is 0 Å². The van der Waals surface area contributed by atoms with Gasteiger partial charge in [0.1, 0.15) is 11.8 Å². The number of ether oxygens (including phenoxy) is 1. The topological polar surface area (TPSA) is 58.6 Å². The summed E-state index contributed by atoms with van der Waals surface area (Å²) in [7, 11) is 1.52. The molecule has 1 aliphatic heterocycles. The van der Waals surface area contributed by atoms with E-state index in [1.165, 1.54) is 7.11 Å². The van der Waals surface area contributed by atoms with Crippen molar-refractivity contribution >= 4 is 17.5 Å². The first-order valence-electron chi connectivity index (χ1n) is 8.01. The molecule has 0 saturated carbocycles. The minimum atomic E-state index is -0.517. The molecule has 0 aromatic heterocycles. The number of para-hydroxylation sites is 2. The molecule has 2 amide bonds. The fourth-order valence-electron chi connectivity index (χ4n) is 2.94. The Labute approximate surface area is 141 Å². The van der Waals surface area contributed by atoms with Crippen LogP contribution in [0.25, 0.3) is 0 Å². The second-order valence-corrected chi connectivity index (χ2v) is 5.69. The van der Waals surface area contributed by atoms with Crippen molar-refractivity contribution in [2.24, 2.45) is 0 Å². The number of piperidine rings is 1. The van der Waals surface area contributed by atoms with E-state index >= 15 is 0 Å². The zero-order valence-corrected chi connectivity index (χ0v) is 13.6. The number of methoxy groups -OCH3 is 1. The molecule has 1 saturated heterocycles. The monoisotopic (exact) mass is 324 g/mol. The van der Waals surface area contributed by atoms with Crippen molar-refractivity contribution < 1.29 is 14.3 Å². The van der Waals surface area contributed by atoms with Crippen molar-refractivity contribution in [1.82, 2.24) is 5.32 Å². The Hall–Kier alpha value is -2.82. The van der Waals surface area contributed by atoms with Crippen molar-refractivity contribution in [3.63, 3.8) is 0 Å². The fourth-order valence-corrected chi connectivity index (χ4v) is 2.94. The number of hydrogen-bond acceptors (Lipinski definition) is 3. The van der Waals surface area contributed by atoms with E-state index in [2.05, 4.69) is 5.32 Å². The van der Waals surface area contributed by atoms with Crippen LogP contribution in [0.1, 0.15) is 23.2 Å². The largest absolute Gasteiger partial charge is 0.496 e. The summed E-state index contributed by atoms with van der Waals surface area (Å²) in [4.78, 5) is 27.0. The molecule has 0 radical (unpaired) electrons. The lowest BCUT2D eigenvalue weighted by Gasteiger charge is -2.32. The lowest BCUT2D eigenvalue weighted by atomic mass is 10.0. The Kier molecular flexibility index (Phi) is 4.79. The van der Waals surface area contributed by atoms with Gasteiger partial charge in [0, 0.05) is 12.2 Å². The number of carbonyl (C=O) groups excluding carboxylic acids is 2. The maximum absolute atomic E-state index is 12.7. The van der Waals surface area contributed by atoms with Crippen LogP contribution in [0.4, 0.5) is 5.69 Å². The van der Waals surface area contributed by atoms with E-state index in [-0.39, 0.29) is 11.8 Å². The summed E-state index contributed by atoms with van der Waals surface area (Å²) >= 11 is 0. The number of nitrogens with zero attached hydrogens (tertiary/aromatic N) is 1. The van der Waals surface area contributed by atoms with Gasteiger partial charge in [-0.25, -0.2) is 0 Å². The van der Waals surface area contributed by atoms with Crippen LogP contribution < -0.4 is 15.0 Å². The maximum Gasteiger partial charge on any atom is 0.255 e. The third-order valence-electron chi connectivity index (χ3n) is 4.16. The van der Waals surface area contributed by atoms with E-state index in [9.17, 15) is 9.59 Å². The molecule has 3 rings (SSSR count). The van der Waals surface area contributed by atoms with Crippen LogP contribution in [0.2, 0.25) is 0 Å². The first kappa shape index (κ1) is 16.1. The highest BCUT2D eigenvalue weighted by molar-refractivity contribution is 6.03. The lowest BCUT2D eigenvalue weighted by molar-refractivity contribution is -0.121. The predicted molar refractivity (Wildman–Crippen MR) is 92.3 cm³/mol. The summed E-state index contributed by atoms with van der Waals surface area (Å²) < 4.78 is 5.22. The molecule has 1 fully saturated rings. The molecule has 1 atom stereocenters. The van der Waals surface area contributed by atoms with E-state index in [1.54, 1.807) is 29.2 Å². The van der Waals surface area contributed by atoms with Crippen LogP contribution in [0.5, 0.6) is 5.75 Å². The van der Waals surface area contributed by atoms with E-state index in [1.807, 2.05) is 30.3 Å². The van der Waals surface area contributed by atoms with Gasteiger partial charge in [-0.05, 0) is 37.1 Å². The molecule has 5 heteroatoms. The van der Waals surface area contributed by atoms with Gasteiger partial charge in [0.25, 0.3) is 5.91 Å². The third kappa shape index (κ3) is 3.25. The van der Waals surface area contributed by atoms with Crippen LogP contribution in [-0.4, -0.2) is 31.5 Å². The highest BCUT2D eigenvalue weighted by Crippen LogP contribution is 2.22. The van der Waals surface area contributed by atoms with Crippen molar-refractivity contribution in [1.29, 1.82) is 0 Å².